The Morgan fingerprint density at radius 2 is 1.00 bits per heavy atom. The second kappa shape index (κ2) is 28.9. The molecule has 0 aliphatic carbocycles. The smallest absolute Gasteiger partial charge is 0.498 e. The van der Waals surface area contributed by atoms with Crippen molar-refractivity contribution in [2.75, 3.05) is 17.2 Å². The normalized spacial score (nSPS) is 12.2. The first kappa shape index (κ1) is 64.0. The van der Waals surface area contributed by atoms with Crippen molar-refractivity contribution >= 4 is 64.4 Å². The fraction of sp³-hybridized carbons (Fsp3) is 0.235. The van der Waals surface area contributed by atoms with Crippen LogP contribution in [0.25, 0.3) is 11.3 Å². The summed E-state index contributed by atoms with van der Waals surface area (Å²) in [5.74, 6) is 0.0691. The molecule has 0 saturated carbocycles. The molecule has 7 N–H and O–H groups in total. The van der Waals surface area contributed by atoms with Crippen molar-refractivity contribution < 1.29 is 37.1 Å². The van der Waals surface area contributed by atoms with E-state index in [1.807, 2.05) is 54.2 Å². The van der Waals surface area contributed by atoms with Crippen LogP contribution in [0.5, 0.6) is 28.7 Å². The highest BCUT2D eigenvalue weighted by molar-refractivity contribution is 6.62. The number of halogens is 6. The van der Waals surface area contributed by atoms with Crippen LogP contribution >= 0.6 is 34.8 Å². The van der Waals surface area contributed by atoms with Crippen molar-refractivity contribution in [1.29, 1.82) is 0 Å². The molecule has 392 valence electrons. The quantitative estimate of drug-likeness (QED) is 0.0529. The highest BCUT2D eigenvalue weighted by atomic mass is 35.5. The predicted molar refractivity (Wildman–Crippen MR) is 290 cm³/mol. The first-order valence-electron chi connectivity index (χ1n) is 20.4. The number of aryl methyl sites for hydroxylation is 2. The van der Waals surface area contributed by atoms with Gasteiger partial charge in [-0.25, -0.2) is 23.1 Å². The molecule has 1 aliphatic heterocycles. The van der Waals surface area contributed by atoms with Crippen LogP contribution in [-0.2, 0) is 23.4 Å². The number of hydrogen-bond donors (Lipinski definition) is 4. The van der Waals surface area contributed by atoms with Gasteiger partial charge in [-0.3, -0.25) is 14.3 Å². The van der Waals surface area contributed by atoms with E-state index in [0.717, 1.165) is 22.8 Å². The van der Waals surface area contributed by atoms with Crippen LogP contribution in [0.3, 0.4) is 0 Å². The molecule has 22 heteroatoms. The van der Waals surface area contributed by atoms with Crippen LogP contribution in [0.15, 0.2) is 134 Å². The number of rotatable bonds is 6. The molecule has 3 aromatic carbocycles. The summed E-state index contributed by atoms with van der Waals surface area (Å²) in [5, 5.41) is 18.2. The summed E-state index contributed by atoms with van der Waals surface area (Å²) in [4.78, 5) is 11.8. The van der Waals surface area contributed by atoms with Gasteiger partial charge in [0, 0.05) is 97.7 Å². The second-order valence-corrected chi connectivity index (χ2v) is 16.9. The van der Waals surface area contributed by atoms with Crippen molar-refractivity contribution in [3.05, 3.63) is 167 Å². The number of anilines is 3. The number of aromatic nitrogens is 7. The van der Waals surface area contributed by atoms with E-state index in [0.29, 0.717) is 38.3 Å². The third-order valence-electron chi connectivity index (χ3n) is 9.77. The molecule has 5 aromatic heterocycles. The van der Waals surface area contributed by atoms with E-state index in [1.54, 1.807) is 76.6 Å². The summed E-state index contributed by atoms with van der Waals surface area (Å²) < 4.78 is 65.0. The average Bonchev–Trinajstić information content (AvgIpc) is 3.99. The molecule has 15 nitrogen and oxygen atoms in total. The molecule has 0 spiro atoms. The lowest BCUT2D eigenvalue weighted by atomic mass is 9.82. The van der Waals surface area contributed by atoms with Crippen LogP contribution in [0.4, 0.5) is 30.2 Å². The molecule has 0 radical (unpaired) electrons. The summed E-state index contributed by atoms with van der Waals surface area (Å²) in [6.07, 6.45) is 12.0. The molecule has 1 aliphatic rings. The maximum absolute atomic E-state index is 13.4. The molecule has 0 bridgehead atoms. The number of nitrogen functional groups attached to an aromatic ring is 3. The van der Waals surface area contributed by atoms with E-state index in [-0.39, 0.29) is 70.8 Å². The van der Waals surface area contributed by atoms with E-state index in [2.05, 4.69) is 25.1 Å². The molecule has 9 rings (SSSR count). The van der Waals surface area contributed by atoms with E-state index >= 15 is 0 Å². The number of nitrogens with two attached hydrogens (primary N) is 3. The van der Waals surface area contributed by atoms with Gasteiger partial charge >= 0.3 is 7.12 Å². The minimum atomic E-state index is -0.588. The number of phenolic OH excluding ortho intramolecular Hbond substituents is 1. The van der Waals surface area contributed by atoms with E-state index in [9.17, 15) is 13.2 Å². The lowest BCUT2D eigenvalue weighted by Crippen LogP contribution is -2.41. The highest BCUT2D eigenvalue weighted by Gasteiger charge is 2.52. The Bertz CT molecular complexity index is 2940. The topological polar surface area (TPSA) is 210 Å². The van der Waals surface area contributed by atoms with Crippen molar-refractivity contribution in [1.82, 2.24) is 34.5 Å². The number of hydrogen-bond acceptors (Lipinski definition) is 13. The van der Waals surface area contributed by atoms with Gasteiger partial charge < -0.3 is 41.1 Å². The van der Waals surface area contributed by atoms with Gasteiger partial charge in [0.15, 0.2) is 0 Å². The van der Waals surface area contributed by atoms with E-state index in [4.69, 9.17) is 75.9 Å². The minimum absolute atomic E-state index is 0. The Balaban J connectivity index is 0.000000467. The molecule has 0 atom stereocenters. The number of phenols is 1. The SMILES string of the molecule is C.C.C.C.Clc1ccnc(Cl)c1.Cn1cc(-c2cc(Oc3ccc(N)c(F)c3)ccn2)cn1.Cn1cc(B2OC(C)(C)C(C)(C)O2)cn1.Nc1ccc(O)cc1F.Nc1ccc(Oc2ccnc(Cl)c2)cc1F. The number of ether oxygens (including phenoxy) is 2. The van der Waals surface area contributed by atoms with Gasteiger partial charge in [-0.05, 0) is 88.4 Å². The van der Waals surface area contributed by atoms with Crippen LogP contribution in [0, 0.1) is 17.5 Å². The van der Waals surface area contributed by atoms with Crippen molar-refractivity contribution in [2.45, 2.75) is 68.6 Å². The molecule has 73 heavy (non-hydrogen) atoms. The molecule has 6 heterocycles. The molecule has 8 aromatic rings. The second-order valence-electron chi connectivity index (χ2n) is 15.7. The Hall–Kier alpha value is -7.03. The molecular weight excluding hydrogens is 1010 g/mol. The van der Waals surface area contributed by atoms with Gasteiger partial charge in [0.2, 0.25) is 0 Å². The first-order chi connectivity index (χ1) is 32.6. The van der Waals surface area contributed by atoms with E-state index in [1.165, 1.54) is 48.7 Å². The Kier molecular flexibility index (Phi) is 25.3. The van der Waals surface area contributed by atoms with Gasteiger partial charge in [-0.2, -0.15) is 10.2 Å². The maximum Gasteiger partial charge on any atom is 0.498 e. The third kappa shape index (κ3) is 19.5. The molecular formula is C51H63BCl3F3N10O5. The number of pyridine rings is 3. The fourth-order valence-electron chi connectivity index (χ4n) is 5.48. The van der Waals surface area contributed by atoms with Gasteiger partial charge in [-0.1, -0.05) is 64.5 Å². The fourth-order valence-corrected chi connectivity index (χ4v) is 6.04. The lowest BCUT2D eigenvalue weighted by molar-refractivity contribution is 0.00578. The van der Waals surface area contributed by atoms with Crippen LogP contribution in [0.1, 0.15) is 57.4 Å². The summed E-state index contributed by atoms with van der Waals surface area (Å²) in [6.45, 7) is 8.18. The largest absolute Gasteiger partial charge is 0.508 e. The minimum Gasteiger partial charge on any atom is -0.508 e. The zero-order valence-electron chi connectivity index (χ0n) is 38.0. The molecule has 1 saturated heterocycles. The van der Waals surface area contributed by atoms with Crippen molar-refractivity contribution in [3.8, 4) is 40.0 Å². The number of nitrogens with zero attached hydrogens (tertiary/aromatic N) is 7. The van der Waals surface area contributed by atoms with Gasteiger partial charge in [0.25, 0.3) is 0 Å². The summed E-state index contributed by atoms with van der Waals surface area (Å²) in [5.41, 5.74) is 18.1. The Morgan fingerprint density at radius 1 is 0.562 bits per heavy atom. The summed E-state index contributed by atoms with van der Waals surface area (Å²) in [7, 11) is 3.42. The molecule has 1 fully saturated rings. The van der Waals surface area contributed by atoms with Crippen molar-refractivity contribution in [2.24, 2.45) is 14.1 Å². The van der Waals surface area contributed by atoms with E-state index < -0.39 is 17.5 Å². The number of benzene rings is 3. The standard InChI is InChI=1S/C15H13FN4O.C11H8ClFN2O.C10H17BN2O2.C6H6FNO.C5H3Cl2N.4CH4/c1-20-9-10(8-19-20)15-7-12(4-5-18-15)21-11-2-3-14(17)13(16)6-11;12-11-6-8(3-4-15-11)16-7-1-2-10(14)9(13)5-7;1-9(2)10(3,4)15-11(14-9)8-6-12-13(5)7-8;7-5-3-4(9)1-2-6(5)8;6-4-1-2-8-5(7)3-4;;;;/h2-9H,17H2,1H3;1-6H,14H2;6-7H,1-5H3;1-3,9H,8H2;1-3H;4*1H4. The summed E-state index contributed by atoms with van der Waals surface area (Å²) in [6, 6.07) is 22.1. The predicted octanol–water partition coefficient (Wildman–Crippen LogP) is 13.0. The van der Waals surface area contributed by atoms with Crippen LogP contribution in [0.2, 0.25) is 15.3 Å². The van der Waals surface area contributed by atoms with Gasteiger partial charge in [0.05, 0.1) is 40.2 Å². The Morgan fingerprint density at radius 3 is 1.41 bits per heavy atom. The third-order valence-corrected chi connectivity index (χ3v) is 10.4. The van der Waals surface area contributed by atoms with Crippen molar-refractivity contribution in [3.63, 3.8) is 0 Å². The zero-order valence-corrected chi connectivity index (χ0v) is 40.3. The van der Waals surface area contributed by atoms with Crippen LogP contribution < -0.4 is 32.1 Å². The van der Waals surface area contributed by atoms with Gasteiger partial charge in [0.1, 0.15) is 56.5 Å². The Labute approximate surface area is 441 Å². The summed E-state index contributed by atoms with van der Waals surface area (Å²) >= 11 is 16.7. The highest BCUT2D eigenvalue weighted by Crippen LogP contribution is 2.36. The molecule has 0 unspecified atom stereocenters. The first-order valence-corrected chi connectivity index (χ1v) is 21.6. The average molecular weight is 1070 g/mol. The van der Waals surface area contributed by atoms with Crippen LogP contribution in [-0.4, -0.2) is 57.9 Å². The lowest BCUT2D eigenvalue weighted by Gasteiger charge is -2.32. The maximum atomic E-state index is 13.4. The monoisotopic (exact) mass is 1070 g/mol. The number of aromatic hydroxyl groups is 1. The van der Waals surface area contributed by atoms with Gasteiger partial charge in [-0.15, -0.1) is 0 Å². The molecule has 0 amide bonds. The zero-order chi connectivity index (χ0) is 50.5.